The molecule has 1 aliphatic heterocycles. The number of ether oxygens (including phenoxy) is 2. The standard InChI is InChI=1S/C27H26N2O4/c1-3-6-19-9-14-24(25(17-19)32-2)33-18-26(30)28-22-12-10-21(11-13-22)27(31)29-16-15-20-7-4-5-8-23(20)29/h3-5,7-14,17H,1,6,15-16,18H2,2H3,(H,28,30). The maximum atomic E-state index is 12.9. The van der Waals surface area contributed by atoms with Crippen molar-refractivity contribution in [3.05, 3.63) is 96.1 Å². The molecule has 0 spiro atoms. The molecule has 2 amide bonds. The predicted molar refractivity (Wildman–Crippen MR) is 129 cm³/mol. The van der Waals surface area contributed by atoms with Crippen molar-refractivity contribution in [1.82, 2.24) is 0 Å². The van der Waals surface area contributed by atoms with Gasteiger partial charge < -0.3 is 19.7 Å². The molecule has 0 fully saturated rings. The molecule has 0 atom stereocenters. The van der Waals surface area contributed by atoms with Crippen molar-refractivity contribution in [3.63, 3.8) is 0 Å². The Bertz CT molecular complexity index is 1170. The lowest BCUT2D eigenvalue weighted by atomic mass is 10.1. The molecule has 1 heterocycles. The number of anilines is 2. The van der Waals surface area contributed by atoms with Gasteiger partial charge in [-0.15, -0.1) is 6.58 Å². The van der Waals surface area contributed by atoms with E-state index in [1.807, 2.05) is 36.4 Å². The van der Waals surface area contributed by atoms with Gasteiger partial charge in [-0.3, -0.25) is 9.59 Å². The molecule has 3 aromatic carbocycles. The van der Waals surface area contributed by atoms with Gasteiger partial charge in [0.15, 0.2) is 18.1 Å². The van der Waals surface area contributed by atoms with Gasteiger partial charge in [0.1, 0.15) is 0 Å². The van der Waals surface area contributed by atoms with Gasteiger partial charge in [-0.05, 0) is 66.4 Å². The van der Waals surface area contributed by atoms with Crippen LogP contribution >= 0.6 is 0 Å². The van der Waals surface area contributed by atoms with Gasteiger partial charge in [-0.25, -0.2) is 0 Å². The molecule has 33 heavy (non-hydrogen) atoms. The number of allylic oxidation sites excluding steroid dienone is 1. The Morgan fingerprint density at radius 3 is 2.61 bits per heavy atom. The molecular formula is C27H26N2O4. The monoisotopic (exact) mass is 442 g/mol. The van der Waals surface area contributed by atoms with Gasteiger partial charge in [-0.2, -0.15) is 0 Å². The van der Waals surface area contributed by atoms with Crippen LogP contribution in [0.5, 0.6) is 11.5 Å². The van der Waals surface area contributed by atoms with E-state index in [1.54, 1.807) is 42.3 Å². The van der Waals surface area contributed by atoms with E-state index in [4.69, 9.17) is 9.47 Å². The zero-order valence-electron chi connectivity index (χ0n) is 18.5. The number of benzene rings is 3. The summed E-state index contributed by atoms with van der Waals surface area (Å²) in [6, 6.07) is 20.4. The first-order valence-corrected chi connectivity index (χ1v) is 10.8. The number of amides is 2. The number of carbonyl (C=O) groups excluding carboxylic acids is 2. The molecule has 0 saturated heterocycles. The predicted octanol–water partition coefficient (Wildman–Crippen LogP) is 4.64. The molecule has 0 radical (unpaired) electrons. The van der Waals surface area contributed by atoms with E-state index >= 15 is 0 Å². The number of para-hydroxylation sites is 1. The molecule has 168 valence electrons. The number of rotatable bonds is 8. The first-order valence-electron chi connectivity index (χ1n) is 10.8. The van der Waals surface area contributed by atoms with Crippen LogP contribution in [-0.4, -0.2) is 32.1 Å². The Kier molecular flexibility index (Phi) is 6.74. The summed E-state index contributed by atoms with van der Waals surface area (Å²) in [6.45, 7) is 4.24. The lowest BCUT2D eigenvalue weighted by Gasteiger charge is -2.17. The number of carbonyl (C=O) groups is 2. The van der Waals surface area contributed by atoms with Crippen molar-refractivity contribution in [1.29, 1.82) is 0 Å². The van der Waals surface area contributed by atoms with Crippen molar-refractivity contribution in [2.75, 3.05) is 30.5 Å². The molecule has 0 bridgehead atoms. The van der Waals surface area contributed by atoms with Crippen LogP contribution in [0.4, 0.5) is 11.4 Å². The van der Waals surface area contributed by atoms with E-state index in [0.29, 0.717) is 29.3 Å². The maximum absolute atomic E-state index is 12.9. The fourth-order valence-corrected chi connectivity index (χ4v) is 3.87. The van der Waals surface area contributed by atoms with E-state index in [1.165, 1.54) is 5.56 Å². The number of nitrogens with zero attached hydrogens (tertiary/aromatic N) is 1. The van der Waals surface area contributed by atoms with Crippen molar-refractivity contribution in [2.24, 2.45) is 0 Å². The zero-order chi connectivity index (χ0) is 23.2. The average Bonchev–Trinajstić information content (AvgIpc) is 3.27. The summed E-state index contributed by atoms with van der Waals surface area (Å²) in [4.78, 5) is 27.1. The molecule has 0 aromatic heterocycles. The Morgan fingerprint density at radius 2 is 1.85 bits per heavy atom. The molecule has 1 aliphatic rings. The summed E-state index contributed by atoms with van der Waals surface area (Å²) in [7, 11) is 1.56. The average molecular weight is 443 g/mol. The molecule has 0 saturated carbocycles. The van der Waals surface area contributed by atoms with Crippen LogP contribution in [-0.2, 0) is 17.6 Å². The van der Waals surface area contributed by atoms with E-state index in [9.17, 15) is 9.59 Å². The molecule has 6 nitrogen and oxygen atoms in total. The lowest BCUT2D eigenvalue weighted by molar-refractivity contribution is -0.118. The third-order valence-corrected chi connectivity index (χ3v) is 5.51. The van der Waals surface area contributed by atoms with Crippen LogP contribution in [0, 0.1) is 0 Å². The van der Waals surface area contributed by atoms with Gasteiger partial charge in [0.2, 0.25) is 0 Å². The smallest absolute Gasteiger partial charge is 0.262 e. The van der Waals surface area contributed by atoms with E-state index in [2.05, 4.69) is 18.0 Å². The third kappa shape index (κ3) is 5.06. The summed E-state index contributed by atoms with van der Waals surface area (Å²) in [6.07, 6.45) is 3.39. The molecule has 6 heteroatoms. The fraction of sp³-hybridized carbons (Fsp3) is 0.185. The van der Waals surface area contributed by atoms with Gasteiger partial charge in [0.25, 0.3) is 11.8 Å². The highest BCUT2D eigenvalue weighted by Crippen LogP contribution is 2.30. The number of hydrogen-bond donors (Lipinski definition) is 1. The Labute approximate surface area is 193 Å². The van der Waals surface area contributed by atoms with Crippen molar-refractivity contribution < 1.29 is 19.1 Å². The van der Waals surface area contributed by atoms with Crippen molar-refractivity contribution in [2.45, 2.75) is 12.8 Å². The quantitative estimate of drug-likeness (QED) is 0.516. The Hall–Kier alpha value is -4.06. The van der Waals surface area contributed by atoms with Gasteiger partial charge in [-0.1, -0.05) is 30.3 Å². The maximum Gasteiger partial charge on any atom is 0.262 e. The second-order valence-corrected chi connectivity index (χ2v) is 7.73. The van der Waals surface area contributed by atoms with E-state index in [0.717, 1.165) is 24.1 Å². The number of methoxy groups -OCH3 is 1. The number of nitrogens with one attached hydrogen (secondary N) is 1. The van der Waals surface area contributed by atoms with Crippen LogP contribution < -0.4 is 19.7 Å². The number of fused-ring (bicyclic) bond motifs is 1. The summed E-state index contributed by atoms with van der Waals surface area (Å²) in [5, 5.41) is 2.79. The topological polar surface area (TPSA) is 67.9 Å². The van der Waals surface area contributed by atoms with Gasteiger partial charge in [0.05, 0.1) is 7.11 Å². The summed E-state index contributed by atoms with van der Waals surface area (Å²) >= 11 is 0. The Morgan fingerprint density at radius 1 is 1.06 bits per heavy atom. The van der Waals surface area contributed by atoms with Crippen LogP contribution in [0.3, 0.4) is 0 Å². The largest absolute Gasteiger partial charge is 0.493 e. The van der Waals surface area contributed by atoms with Crippen LogP contribution in [0.2, 0.25) is 0 Å². The highest BCUT2D eigenvalue weighted by Gasteiger charge is 2.25. The molecule has 0 aliphatic carbocycles. The highest BCUT2D eigenvalue weighted by atomic mass is 16.5. The Balaban J connectivity index is 1.34. The van der Waals surface area contributed by atoms with Crippen molar-refractivity contribution >= 4 is 23.2 Å². The lowest BCUT2D eigenvalue weighted by Crippen LogP contribution is -2.28. The normalized spacial score (nSPS) is 12.1. The second-order valence-electron chi connectivity index (χ2n) is 7.73. The van der Waals surface area contributed by atoms with Crippen molar-refractivity contribution in [3.8, 4) is 11.5 Å². The first kappa shape index (κ1) is 22.1. The minimum absolute atomic E-state index is 0.0480. The zero-order valence-corrected chi connectivity index (χ0v) is 18.5. The number of hydrogen-bond acceptors (Lipinski definition) is 4. The molecule has 0 unspecified atom stereocenters. The highest BCUT2D eigenvalue weighted by molar-refractivity contribution is 6.07. The first-order chi connectivity index (χ1) is 16.1. The third-order valence-electron chi connectivity index (χ3n) is 5.51. The van der Waals surface area contributed by atoms with Gasteiger partial charge in [0, 0.05) is 23.5 Å². The van der Waals surface area contributed by atoms with Gasteiger partial charge >= 0.3 is 0 Å². The summed E-state index contributed by atoms with van der Waals surface area (Å²) in [5.41, 5.74) is 4.36. The molecule has 4 rings (SSSR count). The minimum atomic E-state index is -0.306. The molecule has 3 aromatic rings. The van der Waals surface area contributed by atoms with Crippen LogP contribution in [0.1, 0.15) is 21.5 Å². The minimum Gasteiger partial charge on any atom is -0.493 e. The van der Waals surface area contributed by atoms with E-state index < -0.39 is 0 Å². The fourth-order valence-electron chi connectivity index (χ4n) is 3.87. The summed E-state index contributed by atoms with van der Waals surface area (Å²) in [5.74, 6) is 0.703. The second kappa shape index (κ2) is 10.0. The molecule has 1 N–H and O–H groups in total. The van der Waals surface area contributed by atoms with E-state index in [-0.39, 0.29) is 18.4 Å². The molecular weight excluding hydrogens is 416 g/mol. The SMILES string of the molecule is C=CCc1ccc(OCC(=O)Nc2ccc(C(=O)N3CCc4ccccc43)cc2)c(OC)c1. The van der Waals surface area contributed by atoms with Crippen LogP contribution in [0.15, 0.2) is 79.4 Å². The van der Waals surface area contributed by atoms with Crippen LogP contribution in [0.25, 0.3) is 0 Å². The summed E-state index contributed by atoms with van der Waals surface area (Å²) < 4.78 is 11.0.